The summed E-state index contributed by atoms with van der Waals surface area (Å²) >= 11 is 2.84. The zero-order chi connectivity index (χ0) is 36.2. The largest absolute Gasteiger partial charge is 0.497 e. The highest BCUT2D eigenvalue weighted by Crippen LogP contribution is 2.50. The SMILES string of the molecule is CC[C@@]1(C)C[C@H]2CSC(NC(=O)c3ccccc3)=N[C@@]2(c2nc(N(Cc3ccc(OC)cc3OC)C(=O)c3ccc(OC(F)F)cn3)cs2)CO1. The predicted molar refractivity (Wildman–Crippen MR) is 191 cm³/mol. The lowest BCUT2D eigenvalue weighted by Gasteiger charge is -2.49. The molecule has 2 aromatic heterocycles. The second kappa shape index (κ2) is 15.3. The first kappa shape index (κ1) is 36.2. The number of amides is 2. The average Bonchev–Trinajstić information content (AvgIpc) is 3.65. The van der Waals surface area contributed by atoms with Crippen LogP contribution in [0.1, 0.15) is 58.1 Å². The first-order valence-corrected chi connectivity index (χ1v) is 18.1. The van der Waals surface area contributed by atoms with Crippen LogP contribution in [0.3, 0.4) is 0 Å². The number of benzene rings is 2. The summed E-state index contributed by atoms with van der Waals surface area (Å²) in [6.07, 6.45) is 2.61. The molecular weight excluding hydrogens is 701 g/mol. The second-order valence-electron chi connectivity index (χ2n) is 12.3. The summed E-state index contributed by atoms with van der Waals surface area (Å²) < 4.78 is 47.5. The molecule has 1 fully saturated rings. The van der Waals surface area contributed by atoms with Crippen LogP contribution < -0.4 is 24.4 Å². The van der Waals surface area contributed by atoms with E-state index in [1.807, 2.05) is 6.07 Å². The van der Waals surface area contributed by atoms with Gasteiger partial charge in [-0.25, -0.2) is 15.0 Å². The summed E-state index contributed by atoms with van der Waals surface area (Å²) in [5, 5.41) is 5.84. The number of carbonyl (C=O) groups excluding carboxylic acids is 2. The third kappa shape index (κ3) is 7.85. The van der Waals surface area contributed by atoms with Crippen LogP contribution in [0.5, 0.6) is 17.2 Å². The average molecular weight is 738 g/mol. The molecule has 2 aliphatic rings. The highest BCUT2D eigenvalue weighted by atomic mass is 32.2. The van der Waals surface area contributed by atoms with E-state index < -0.39 is 18.1 Å². The number of alkyl halides is 2. The van der Waals surface area contributed by atoms with Crippen molar-refractivity contribution in [3.05, 3.63) is 94.1 Å². The maximum atomic E-state index is 14.2. The fraction of sp³-hybridized carbons (Fsp3) is 0.361. The fourth-order valence-electron chi connectivity index (χ4n) is 6.03. The van der Waals surface area contributed by atoms with Crippen LogP contribution in [0.25, 0.3) is 0 Å². The number of aliphatic imine (C=N–C) groups is 1. The van der Waals surface area contributed by atoms with Crippen molar-refractivity contribution in [3.8, 4) is 17.2 Å². The van der Waals surface area contributed by atoms with Crippen LogP contribution in [0.2, 0.25) is 0 Å². The van der Waals surface area contributed by atoms with Crippen molar-refractivity contribution in [3.63, 3.8) is 0 Å². The minimum atomic E-state index is -3.03. The molecule has 0 saturated carbocycles. The summed E-state index contributed by atoms with van der Waals surface area (Å²) in [7, 11) is 3.07. The molecule has 0 spiro atoms. The lowest BCUT2D eigenvalue weighted by Crippen LogP contribution is -2.54. The standard InChI is InChI=1S/C36H37F2N5O6S2/c1-5-35(2)16-24-19-51-34(41-30(44)22-9-7-6-8-10-22)42-36(24,21-48-35)32-40-29(20-50-32)43(18-23-11-12-25(46-3)15-28(23)47-4)31(45)27-14-13-26(17-39-27)49-33(37)38/h6-15,17,20,24,33H,5,16,18-19,21H2,1-4H3,(H,41,42,44)/t24-,35-,36-/m0/s1. The number of nitrogens with zero attached hydrogens (tertiary/aromatic N) is 4. The lowest BCUT2D eigenvalue weighted by molar-refractivity contribution is -0.122. The summed E-state index contributed by atoms with van der Waals surface area (Å²) in [4.78, 5) is 43.1. The number of pyridine rings is 1. The first-order chi connectivity index (χ1) is 24.6. The van der Waals surface area contributed by atoms with Crippen LogP contribution in [-0.2, 0) is 16.8 Å². The molecule has 0 unspecified atom stereocenters. The van der Waals surface area contributed by atoms with Gasteiger partial charge < -0.3 is 24.3 Å². The number of thiazole rings is 1. The van der Waals surface area contributed by atoms with Crippen LogP contribution in [-0.4, -0.2) is 65.7 Å². The molecule has 0 radical (unpaired) electrons. The predicted octanol–water partition coefficient (Wildman–Crippen LogP) is 6.94. The van der Waals surface area contributed by atoms with Gasteiger partial charge in [0.2, 0.25) is 0 Å². The van der Waals surface area contributed by atoms with E-state index in [1.165, 1.54) is 47.2 Å². The van der Waals surface area contributed by atoms with Crippen LogP contribution in [0.15, 0.2) is 77.2 Å². The molecule has 4 heterocycles. The molecule has 2 aromatic carbocycles. The molecule has 3 atom stereocenters. The van der Waals surface area contributed by atoms with Gasteiger partial charge in [-0.2, -0.15) is 8.78 Å². The van der Waals surface area contributed by atoms with Crippen LogP contribution in [0, 0.1) is 5.92 Å². The number of rotatable bonds is 11. The van der Waals surface area contributed by atoms with E-state index in [2.05, 4.69) is 28.9 Å². The summed E-state index contributed by atoms with van der Waals surface area (Å²) in [6, 6.07) is 16.8. The van der Waals surface area contributed by atoms with Gasteiger partial charge in [0.1, 0.15) is 39.3 Å². The third-order valence-corrected chi connectivity index (χ3v) is 11.1. The number of halogens is 2. The van der Waals surface area contributed by atoms with E-state index in [4.69, 9.17) is 24.2 Å². The van der Waals surface area contributed by atoms with Crippen molar-refractivity contribution in [2.45, 2.75) is 51.0 Å². The van der Waals surface area contributed by atoms with E-state index in [0.29, 0.717) is 44.4 Å². The number of aromatic nitrogens is 2. The third-order valence-electron chi connectivity index (χ3n) is 9.11. The number of amidine groups is 1. The first-order valence-electron chi connectivity index (χ1n) is 16.2. The summed E-state index contributed by atoms with van der Waals surface area (Å²) in [6.45, 7) is 1.42. The number of ether oxygens (including phenoxy) is 4. The molecule has 11 nitrogen and oxygen atoms in total. The molecule has 2 amide bonds. The fourth-order valence-corrected chi connectivity index (χ4v) is 8.20. The number of nitrogens with one attached hydrogen (secondary N) is 1. The Morgan fingerprint density at radius 1 is 1.10 bits per heavy atom. The molecule has 0 bridgehead atoms. The summed E-state index contributed by atoms with van der Waals surface area (Å²) in [5.74, 6) is 1.11. The Balaban J connectivity index is 1.39. The van der Waals surface area contributed by atoms with Gasteiger partial charge in [0.25, 0.3) is 11.8 Å². The van der Waals surface area contributed by atoms with E-state index in [1.54, 1.807) is 55.0 Å². The molecular formula is C36H37F2N5O6S2. The van der Waals surface area contributed by atoms with Crippen molar-refractivity contribution < 1.29 is 37.3 Å². The number of methoxy groups -OCH3 is 2. The summed E-state index contributed by atoms with van der Waals surface area (Å²) in [5.41, 5.74) is -0.118. The number of thioether (sulfide) groups is 1. The van der Waals surface area contributed by atoms with Gasteiger partial charge in [-0.1, -0.05) is 36.9 Å². The molecule has 2 aliphatic heterocycles. The molecule has 51 heavy (non-hydrogen) atoms. The van der Waals surface area contributed by atoms with Gasteiger partial charge in [0, 0.05) is 34.2 Å². The molecule has 15 heteroatoms. The quantitative estimate of drug-likeness (QED) is 0.174. The van der Waals surface area contributed by atoms with Crippen molar-refractivity contribution in [2.75, 3.05) is 31.5 Å². The van der Waals surface area contributed by atoms with Gasteiger partial charge in [-0.15, -0.1) is 11.3 Å². The molecule has 1 saturated heterocycles. The second-order valence-corrected chi connectivity index (χ2v) is 14.2. The van der Waals surface area contributed by atoms with Crippen LogP contribution >= 0.6 is 23.1 Å². The molecule has 268 valence electrons. The number of anilines is 1. The van der Waals surface area contributed by atoms with Gasteiger partial charge >= 0.3 is 6.61 Å². The number of carbonyl (C=O) groups is 2. The van der Waals surface area contributed by atoms with E-state index in [0.717, 1.165) is 19.0 Å². The van der Waals surface area contributed by atoms with E-state index in [9.17, 15) is 18.4 Å². The molecule has 0 aliphatic carbocycles. The molecule has 6 rings (SSSR count). The van der Waals surface area contributed by atoms with Crippen molar-refractivity contribution in [1.29, 1.82) is 0 Å². The maximum Gasteiger partial charge on any atom is 0.387 e. The van der Waals surface area contributed by atoms with Crippen molar-refractivity contribution in [1.82, 2.24) is 15.3 Å². The smallest absolute Gasteiger partial charge is 0.387 e. The zero-order valence-corrected chi connectivity index (χ0v) is 30.1. The maximum absolute atomic E-state index is 14.2. The Labute approximate surface area is 302 Å². The Bertz CT molecular complexity index is 1900. The van der Waals surface area contributed by atoms with Crippen molar-refractivity contribution in [2.24, 2.45) is 10.9 Å². The Hall–Kier alpha value is -4.60. The topological polar surface area (TPSA) is 124 Å². The van der Waals surface area contributed by atoms with E-state index >= 15 is 0 Å². The number of hydrogen-bond donors (Lipinski definition) is 1. The number of fused-ring (bicyclic) bond motifs is 1. The molecule has 1 N–H and O–H groups in total. The Kier molecular flexibility index (Phi) is 10.9. The minimum Gasteiger partial charge on any atom is -0.497 e. The number of hydrogen-bond acceptors (Lipinski definition) is 11. The van der Waals surface area contributed by atoms with Gasteiger partial charge in [0.05, 0.1) is 39.2 Å². The molecule has 4 aromatic rings. The Morgan fingerprint density at radius 2 is 1.88 bits per heavy atom. The monoisotopic (exact) mass is 737 g/mol. The normalized spacial score (nSPS) is 21.3. The Morgan fingerprint density at radius 3 is 2.57 bits per heavy atom. The van der Waals surface area contributed by atoms with Gasteiger partial charge in [-0.3, -0.25) is 14.5 Å². The van der Waals surface area contributed by atoms with Gasteiger partial charge in [0.15, 0.2) is 5.17 Å². The van der Waals surface area contributed by atoms with Gasteiger partial charge in [-0.05, 0) is 56.2 Å². The van der Waals surface area contributed by atoms with E-state index in [-0.39, 0.29) is 42.0 Å². The zero-order valence-electron chi connectivity index (χ0n) is 28.4. The highest BCUT2D eigenvalue weighted by Gasteiger charge is 2.53. The lowest BCUT2D eigenvalue weighted by atomic mass is 9.75. The van der Waals surface area contributed by atoms with Crippen molar-refractivity contribution >= 4 is 45.9 Å². The highest BCUT2D eigenvalue weighted by molar-refractivity contribution is 8.13. The van der Waals surface area contributed by atoms with Crippen LogP contribution in [0.4, 0.5) is 14.6 Å². The minimum absolute atomic E-state index is 0.00704.